The van der Waals surface area contributed by atoms with E-state index in [1.807, 2.05) is 24.3 Å². The fourth-order valence-electron chi connectivity index (χ4n) is 3.95. The molecule has 166 valence electrons. The molecule has 1 atom stereocenters. The van der Waals surface area contributed by atoms with Crippen LogP contribution in [0.25, 0.3) is 0 Å². The van der Waals surface area contributed by atoms with Crippen molar-refractivity contribution in [2.75, 3.05) is 49.6 Å². The minimum atomic E-state index is -3.77. The maximum atomic E-state index is 13.2. The van der Waals surface area contributed by atoms with Crippen molar-refractivity contribution in [1.82, 2.24) is 4.31 Å². The van der Waals surface area contributed by atoms with Gasteiger partial charge in [0.2, 0.25) is 15.9 Å². The first-order valence-corrected chi connectivity index (χ1v) is 11.9. The van der Waals surface area contributed by atoms with Crippen molar-refractivity contribution in [3.05, 3.63) is 54.3 Å². The van der Waals surface area contributed by atoms with E-state index in [1.54, 1.807) is 0 Å². The van der Waals surface area contributed by atoms with Crippen molar-refractivity contribution in [3.63, 3.8) is 0 Å². The number of carbonyl (C=O) groups is 1. The summed E-state index contributed by atoms with van der Waals surface area (Å²) in [6.45, 7) is 3.54. The van der Waals surface area contributed by atoms with E-state index in [0.717, 1.165) is 30.9 Å². The summed E-state index contributed by atoms with van der Waals surface area (Å²) in [5.41, 5.74) is 1.76. The lowest BCUT2D eigenvalue weighted by atomic mass is 9.98. The molecule has 0 unspecified atom stereocenters. The number of benzene rings is 2. The van der Waals surface area contributed by atoms with Gasteiger partial charge in [-0.25, -0.2) is 12.8 Å². The Labute approximate surface area is 181 Å². The van der Waals surface area contributed by atoms with Gasteiger partial charge in [0.05, 0.1) is 24.0 Å². The van der Waals surface area contributed by atoms with Gasteiger partial charge in [-0.05, 0) is 61.4 Å². The van der Waals surface area contributed by atoms with Gasteiger partial charge in [-0.15, -0.1) is 0 Å². The summed E-state index contributed by atoms with van der Waals surface area (Å²) < 4.78 is 45.6. The average Bonchev–Trinajstić information content (AvgIpc) is 2.80. The van der Waals surface area contributed by atoms with Crippen LogP contribution in [-0.2, 0) is 19.6 Å². The Morgan fingerprint density at radius 2 is 1.68 bits per heavy atom. The van der Waals surface area contributed by atoms with Gasteiger partial charge >= 0.3 is 0 Å². The number of sulfonamides is 1. The fourth-order valence-corrected chi connectivity index (χ4v) is 5.48. The molecule has 0 aliphatic carbocycles. The highest BCUT2D eigenvalue weighted by atomic mass is 32.2. The minimum absolute atomic E-state index is 0.0358. The van der Waals surface area contributed by atoms with Gasteiger partial charge in [-0.2, -0.15) is 4.31 Å². The molecule has 0 spiro atoms. The van der Waals surface area contributed by atoms with Gasteiger partial charge in [0.1, 0.15) is 5.82 Å². The van der Waals surface area contributed by atoms with E-state index in [-0.39, 0.29) is 17.3 Å². The first kappa shape index (κ1) is 21.7. The van der Waals surface area contributed by atoms with Crippen LogP contribution >= 0.6 is 0 Å². The predicted molar refractivity (Wildman–Crippen MR) is 116 cm³/mol. The molecule has 1 amide bonds. The Kier molecular flexibility index (Phi) is 6.54. The topological polar surface area (TPSA) is 79.0 Å². The van der Waals surface area contributed by atoms with Gasteiger partial charge < -0.3 is 15.0 Å². The van der Waals surface area contributed by atoms with E-state index >= 15 is 0 Å². The zero-order valence-corrected chi connectivity index (χ0v) is 18.0. The van der Waals surface area contributed by atoms with E-state index in [2.05, 4.69) is 10.2 Å². The number of ether oxygens (including phenoxy) is 1. The highest BCUT2D eigenvalue weighted by Crippen LogP contribution is 2.26. The normalized spacial score (nSPS) is 20.4. The van der Waals surface area contributed by atoms with Gasteiger partial charge in [-0.3, -0.25) is 4.79 Å². The molecule has 2 heterocycles. The van der Waals surface area contributed by atoms with Crippen LogP contribution in [0, 0.1) is 11.7 Å². The number of carbonyl (C=O) groups excluding carboxylic acids is 1. The number of nitrogens with zero attached hydrogens (tertiary/aromatic N) is 2. The van der Waals surface area contributed by atoms with Crippen LogP contribution in [-0.4, -0.2) is 58.0 Å². The van der Waals surface area contributed by atoms with E-state index in [0.29, 0.717) is 38.3 Å². The van der Waals surface area contributed by atoms with Crippen LogP contribution in [0.15, 0.2) is 53.4 Å². The molecule has 2 saturated heterocycles. The number of amides is 1. The maximum Gasteiger partial charge on any atom is 0.243 e. The summed E-state index contributed by atoms with van der Waals surface area (Å²) in [5, 5.41) is 2.91. The summed E-state index contributed by atoms with van der Waals surface area (Å²) in [6, 6.07) is 12.4. The highest BCUT2D eigenvalue weighted by Gasteiger charge is 2.33. The lowest BCUT2D eigenvalue weighted by Gasteiger charge is -2.31. The van der Waals surface area contributed by atoms with E-state index < -0.39 is 21.8 Å². The lowest BCUT2D eigenvalue weighted by molar-refractivity contribution is -0.120. The summed E-state index contributed by atoms with van der Waals surface area (Å²) >= 11 is 0. The summed E-state index contributed by atoms with van der Waals surface area (Å²) in [7, 11) is -3.77. The molecule has 2 aromatic carbocycles. The molecular weight excluding hydrogens is 421 g/mol. The van der Waals surface area contributed by atoms with Crippen LogP contribution in [0.3, 0.4) is 0 Å². The zero-order valence-electron chi connectivity index (χ0n) is 17.2. The van der Waals surface area contributed by atoms with Crippen molar-refractivity contribution in [2.45, 2.75) is 17.7 Å². The molecule has 9 heteroatoms. The van der Waals surface area contributed by atoms with Crippen LogP contribution in [0.2, 0.25) is 0 Å². The third-order valence-corrected chi connectivity index (χ3v) is 7.60. The molecule has 0 aromatic heterocycles. The number of halogens is 1. The maximum absolute atomic E-state index is 13.2. The monoisotopic (exact) mass is 447 g/mol. The van der Waals surface area contributed by atoms with Gasteiger partial charge in [0.15, 0.2) is 0 Å². The predicted octanol–water partition coefficient (Wildman–Crippen LogP) is 2.70. The Hall–Kier alpha value is -2.49. The zero-order chi connectivity index (χ0) is 21.8. The molecule has 0 bridgehead atoms. The van der Waals surface area contributed by atoms with Gasteiger partial charge in [0, 0.05) is 37.6 Å². The third-order valence-electron chi connectivity index (χ3n) is 5.72. The van der Waals surface area contributed by atoms with Crippen LogP contribution in [0.4, 0.5) is 15.8 Å². The van der Waals surface area contributed by atoms with Gasteiger partial charge in [-0.1, -0.05) is 0 Å². The molecule has 7 nitrogen and oxygen atoms in total. The lowest BCUT2D eigenvalue weighted by Crippen LogP contribution is -2.43. The Balaban J connectivity index is 1.39. The second-order valence-electron chi connectivity index (χ2n) is 7.79. The Bertz CT molecular complexity index is 1010. The molecule has 2 aliphatic rings. The molecule has 1 N–H and O–H groups in total. The number of piperidine rings is 1. The summed E-state index contributed by atoms with van der Waals surface area (Å²) in [4.78, 5) is 15.1. The second kappa shape index (κ2) is 9.33. The first-order chi connectivity index (χ1) is 14.9. The summed E-state index contributed by atoms with van der Waals surface area (Å²) in [6.07, 6.45) is 1.21. The van der Waals surface area contributed by atoms with Crippen molar-refractivity contribution >= 4 is 27.3 Å². The van der Waals surface area contributed by atoms with Gasteiger partial charge in [0.25, 0.3) is 0 Å². The van der Waals surface area contributed by atoms with E-state index in [9.17, 15) is 17.6 Å². The Morgan fingerprint density at radius 1 is 1.00 bits per heavy atom. The molecule has 2 aliphatic heterocycles. The molecule has 2 fully saturated rings. The SMILES string of the molecule is O=C(Nc1ccc(N2CCOCC2)cc1)[C@H]1CCCN(S(=O)(=O)c2ccc(F)cc2)C1. The van der Waals surface area contributed by atoms with Crippen molar-refractivity contribution < 1.29 is 22.3 Å². The Morgan fingerprint density at radius 3 is 2.35 bits per heavy atom. The standard InChI is InChI=1S/C22H26FN3O4S/c23-18-3-9-21(10-4-18)31(28,29)26-11-1-2-17(16-26)22(27)24-19-5-7-20(8-6-19)25-12-14-30-15-13-25/h3-10,17H,1-2,11-16H2,(H,24,27)/t17-/m0/s1. The van der Waals surface area contributed by atoms with Crippen molar-refractivity contribution in [3.8, 4) is 0 Å². The average molecular weight is 448 g/mol. The first-order valence-electron chi connectivity index (χ1n) is 10.4. The summed E-state index contributed by atoms with van der Waals surface area (Å²) in [5.74, 6) is -1.13. The van der Waals surface area contributed by atoms with Crippen LogP contribution < -0.4 is 10.2 Å². The van der Waals surface area contributed by atoms with E-state index in [4.69, 9.17) is 4.74 Å². The highest BCUT2D eigenvalue weighted by molar-refractivity contribution is 7.89. The van der Waals surface area contributed by atoms with E-state index in [1.165, 1.54) is 16.4 Å². The molecule has 0 saturated carbocycles. The van der Waals surface area contributed by atoms with Crippen LogP contribution in [0.1, 0.15) is 12.8 Å². The molecule has 2 aromatic rings. The van der Waals surface area contributed by atoms with Crippen LogP contribution in [0.5, 0.6) is 0 Å². The largest absolute Gasteiger partial charge is 0.378 e. The van der Waals surface area contributed by atoms with Crippen molar-refractivity contribution in [2.24, 2.45) is 5.92 Å². The van der Waals surface area contributed by atoms with Crippen molar-refractivity contribution in [1.29, 1.82) is 0 Å². The smallest absolute Gasteiger partial charge is 0.243 e. The number of hydrogen-bond donors (Lipinski definition) is 1. The third kappa shape index (κ3) is 5.06. The fraction of sp³-hybridized carbons (Fsp3) is 0.409. The number of rotatable bonds is 5. The molecular formula is C22H26FN3O4S. The molecule has 31 heavy (non-hydrogen) atoms. The second-order valence-corrected chi connectivity index (χ2v) is 9.73. The molecule has 0 radical (unpaired) electrons. The quantitative estimate of drug-likeness (QED) is 0.763. The molecule has 4 rings (SSSR count). The number of anilines is 2. The minimum Gasteiger partial charge on any atom is -0.378 e. The number of nitrogens with one attached hydrogen (secondary N) is 1. The number of hydrogen-bond acceptors (Lipinski definition) is 5. The number of morpholine rings is 1.